The second kappa shape index (κ2) is 9.72. The molecule has 0 aliphatic heterocycles. The Morgan fingerprint density at radius 3 is 2.35 bits per heavy atom. The largest absolute Gasteiger partial charge is 0.493 e. The van der Waals surface area contributed by atoms with Crippen molar-refractivity contribution in [2.75, 3.05) is 38.5 Å². The topological polar surface area (TPSA) is 117 Å². The van der Waals surface area contributed by atoms with Gasteiger partial charge in [0.15, 0.2) is 11.5 Å². The predicted octanol–water partition coefficient (Wildman–Crippen LogP) is 4.39. The summed E-state index contributed by atoms with van der Waals surface area (Å²) in [6.45, 7) is 1.50. The molecule has 1 aliphatic carbocycles. The van der Waals surface area contributed by atoms with E-state index in [2.05, 4.69) is 25.3 Å². The van der Waals surface area contributed by atoms with E-state index in [9.17, 15) is 22.0 Å². The molecule has 0 saturated heterocycles. The Hall–Kier alpha value is -3.55. The fraction of sp³-hybridized carbons (Fsp3) is 0.478. The van der Waals surface area contributed by atoms with Gasteiger partial charge >= 0.3 is 6.18 Å². The number of nitrogens with zero attached hydrogens (tertiary/aromatic N) is 4. The Morgan fingerprint density at radius 2 is 1.73 bits per heavy atom. The van der Waals surface area contributed by atoms with Crippen LogP contribution in [0.3, 0.4) is 0 Å². The molecule has 0 bridgehead atoms. The summed E-state index contributed by atoms with van der Waals surface area (Å²) >= 11 is 0. The minimum Gasteiger partial charge on any atom is -0.493 e. The third kappa shape index (κ3) is 5.89. The fourth-order valence-electron chi connectivity index (χ4n) is 4.39. The number of anilines is 2. The van der Waals surface area contributed by atoms with Gasteiger partial charge in [0, 0.05) is 42.9 Å². The Bertz CT molecular complexity index is 1300. The fourth-order valence-corrected chi connectivity index (χ4v) is 4.39. The molecule has 37 heavy (non-hydrogen) atoms. The molecule has 1 aromatic carbocycles. The summed E-state index contributed by atoms with van der Waals surface area (Å²) in [5.41, 5.74) is 3.98. The lowest BCUT2D eigenvalue weighted by Crippen LogP contribution is -2.52. The summed E-state index contributed by atoms with van der Waals surface area (Å²) in [5, 5.41) is 3.39. The maximum atomic E-state index is 13.6. The molecule has 200 valence electrons. The van der Waals surface area contributed by atoms with Gasteiger partial charge in [-0.3, -0.25) is 0 Å². The average molecular weight is 528 g/mol. The standard InChI is InChI=1S/C23H25F5N6O3/c1-12-31-14-5-15(36-3)16(37-11-21(10-35-2)8-22(24,25)9-21)4-13(14)20(32-12)30-7-19-33-17(23(26,27)28)6-18(29)34-19/h4-6H,7-11H2,1-3H3,(H2,29,33,34)(H,30,31,32). The first-order valence-corrected chi connectivity index (χ1v) is 11.1. The summed E-state index contributed by atoms with van der Waals surface area (Å²) in [6, 6.07) is 3.83. The number of alkyl halides is 5. The number of halogens is 5. The summed E-state index contributed by atoms with van der Waals surface area (Å²) < 4.78 is 83.0. The molecule has 2 aromatic heterocycles. The molecule has 0 amide bonds. The molecule has 14 heteroatoms. The number of aromatic nitrogens is 4. The Balaban J connectivity index is 1.62. The Morgan fingerprint density at radius 1 is 1.00 bits per heavy atom. The monoisotopic (exact) mass is 528 g/mol. The number of fused-ring (bicyclic) bond motifs is 1. The van der Waals surface area contributed by atoms with Crippen molar-refractivity contribution in [3.05, 3.63) is 35.5 Å². The van der Waals surface area contributed by atoms with Crippen molar-refractivity contribution in [3.63, 3.8) is 0 Å². The van der Waals surface area contributed by atoms with Crippen LogP contribution in [0.4, 0.5) is 33.6 Å². The van der Waals surface area contributed by atoms with E-state index in [1.54, 1.807) is 19.1 Å². The Labute approximate surface area is 208 Å². The van der Waals surface area contributed by atoms with Crippen LogP contribution in [-0.4, -0.2) is 53.3 Å². The van der Waals surface area contributed by atoms with Crippen molar-refractivity contribution in [2.45, 2.75) is 38.4 Å². The zero-order chi connectivity index (χ0) is 27.0. The normalized spacial score (nSPS) is 16.3. The van der Waals surface area contributed by atoms with Gasteiger partial charge in [0.2, 0.25) is 5.92 Å². The number of benzene rings is 1. The van der Waals surface area contributed by atoms with Crippen molar-refractivity contribution >= 4 is 22.5 Å². The van der Waals surface area contributed by atoms with E-state index < -0.39 is 23.2 Å². The SMILES string of the molecule is COCC1(COc2cc3c(NCc4nc(N)cc(C(F)(F)F)n4)nc(C)nc3cc2OC)CC(F)(F)C1. The number of rotatable bonds is 9. The van der Waals surface area contributed by atoms with Crippen LogP contribution in [-0.2, 0) is 17.5 Å². The molecular formula is C23H25F5N6O3. The molecule has 3 aromatic rings. The van der Waals surface area contributed by atoms with Crippen molar-refractivity contribution in [2.24, 2.45) is 5.41 Å². The van der Waals surface area contributed by atoms with E-state index in [1.165, 1.54) is 14.2 Å². The highest BCUT2D eigenvalue weighted by atomic mass is 19.4. The summed E-state index contributed by atoms with van der Waals surface area (Å²) in [5.74, 6) is -2.04. The number of nitrogens with one attached hydrogen (secondary N) is 1. The first-order valence-electron chi connectivity index (χ1n) is 11.1. The van der Waals surface area contributed by atoms with Crippen LogP contribution in [0.1, 0.15) is 30.2 Å². The van der Waals surface area contributed by atoms with Gasteiger partial charge in [0.1, 0.15) is 29.0 Å². The van der Waals surface area contributed by atoms with Gasteiger partial charge in [-0.1, -0.05) is 0 Å². The lowest BCUT2D eigenvalue weighted by Gasteiger charge is -2.46. The highest BCUT2D eigenvalue weighted by Gasteiger charge is 2.57. The van der Waals surface area contributed by atoms with Gasteiger partial charge in [0.25, 0.3) is 0 Å². The van der Waals surface area contributed by atoms with Crippen LogP contribution in [0.5, 0.6) is 11.5 Å². The van der Waals surface area contributed by atoms with Crippen LogP contribution in [0.25, 0.3) is 10.9 Å². The van der Waals surface area contributed by atoms with Crippen LogP contribution in [0.2, 0.25) is 0 Å². The lowest BCUT2D eigenvalue weighted by molar-refractivity contribution is -0.190. The van der Waals surface area contributed by atoms with Crippen molar-refractivity contribution in [1.82, 2.24) is 19.9 Å². The number of aryl methyl sites for hydroxylation is 1. The molecule has 1 fully saturated rings. The number of ether oxygens (including phenoxy) is 3. The van der Waals surface area contributed by atoms with E-state index in [1.807, 2.05) is 0 Å². The molecule has 9 nitrogen and oxygen atoms in total. The van der Waals surface area contributed by atoms with Gasteiger partial charge in [-0.15, -0.1) is 0 Å². The second-order valence-electron chi connectivity index (χ2n) is 9.02. The van der Waals surface area contributed by atoms with Crippen molar-refractivity contribution < 1.29 is 36.2 Å². The zero-order valence-corrected chi connectivity index (χ0v) is 20.2. The van der Waals surface area contributed by atoms with E-state index in [0.29, 0.717) is 28.5 Å². The van der Waals surface area contributed by atoms with E-state index >= 15 is 0 Å². The molecule has 0 radical (unpaired) electrons. The van der Waals surface area contributed by atoms with Crippen LogP contribution in [0, 0.1) is 12.3 Å². The van der Waals surface area contributed by atoms with Gasteiger partial charge in [-0.2, -0.15) is 13.2 Å². The van der Waals surface area contributed by atoms with Crippen molar-refractivity contribution in [1.29, 1.82) is 0 Å². The van der Waals surface area contributed by atoms with E-state index in [-0.39, 0.29) is 55.8 Å². The third-order valence-corrected chi connectivity index (χ3v) is 5.84. The second-order valence-corrected chi connectivity index (χ2v) is 9.02. The van der Waals surface area contributed by atoms with Crippen molar-refractivity contribution in [3.8, 4) is 11.5 Å². The lowest BCUT2D eigenvalue weighted by atomic mass is 9.67. The molecule has 0 atom stereocenters. The van der Waals surface area contributed by atoms with Crippen LogP contribution >= 0.6 is 0 Å². The highest BCUT2D eigenvalue weighted by Crippen LogP contribution is 2.52. The summed E-state index contributed by atoms with van der Waals surface area (Å²) in [4.78, 5) is 16.1. The number of hydrogen-bond acceptors (Lipinski definition) is 9. The zero-order valence-electron chi connectivity index (χ0n) is 20.2. The van der Waals surface area contributed by atoms with Crippen LogP contribution in [0.15, 0.2) is 18.2 Å². The molecular weight excluding hydrogens is 503 g/mol. The predicted molar refractivity (Wildman–Crippen MR) is 124 cm³/mol. The summed E-state index contributed by atoms with van der Waals surface area (Å²) in [7, 11) is 2.87. The highest BCUT2D eigenvalue weighted by molar-refractivity contribution is 5.91. The third-order valence-electron chi connectivity index (χ3n) is 5.84. The van der Waals surface area contributed by atoms with E-state index in [4.69, 9.17) is 19.9 Å². The molecule has 0 spiro atoms. The molecule has 3 N–H and O–H groups in total. The number of nitrogens with two attached hydrogens (primary N) is 1. The molecule has 2 heterocycles. The van der Waals surface area contributed by atoms with E-state index in [0.717, 1.165) is 0 Å². The molecule has 1 aliphatic rings. The number of methoxy groups -OCH3 is 2. The first kappa shape index (κ1) is 26.5. The first-order chi connectivity index (χ1) is 17.3. The van der Waals surface area contributed by atoms with Gasteiger partial charge < -0.3 is 25.3 Å². The maximum Gasteiger partial charge on any atom is 0.433 e. The smallest absolute Gasteiger partial charge is 0.433 e. The van der Waals surface area contributed by atoms with Gasteiger partial charge in [0.05, 0.1) is 32.4 Å². The quantitative estimate of drug-likeness (QED) is 0.390. The molecule has 0 unspecified atom stereocenters. The Kier molecular flexibility index (Phi) is 6.97. The minimum absolute atomic E-state index is 0.0366. The maximum absolute atomic E-state index is 13.6. The number of hydrogen-bond donors (Lipinski definition) is 2. The van der Waals surface area contributed by atoms with Gasteiger partial charge in [-0.05, 0) is 13.0 Å². The molecule has 4 rings (SSSR count). The average Bonchev–Trinajstić information content (AvgIpc) is 2.78. The molecule has 1 saturated carbocycles. The van der Waals surface area contributed by atoms with Crippen LogP contribution < -0.4 is 20.5 Å². The number of nitrogen functional groups attached to an aromatic ring is 1. The summed E-state index contributed by atoms with van der Waals surface area (Å²) in [6.07, 6.45) is -5.41. The minimum atomic E-state index is -4.68. The van der Waals surface area contributed by atoms with Gasteiger partial charge in [-0.25, -0.2) is 28.7 Å².